The fourth-order valence-corrected chi connectivity index (χ4v) is 4.17. The number of amides is 4. The molecule has 10 nitrogen and oxygen atoms in total. The summed E-state index contributed by atoms with van der Waals surface area (Å²) in [6.45, 7) is 14.0. The number of carbonyl (C=O) groups is 4. The van der Waals surface area contributed by atoms with Gasteiger partial charge in [-0.15, -0.1) is 13.2 Å². The molecule has 1 aromatic carbocycles. The molecule has 0 saturated heterocycles. The smallest absolute Gasteiger partial charge is 0.407 e. The van der Waals surface area contributed by atoms with Crippen molar-refractivity contribution in [3.8, 4) is 0 Å². The SMILES string of the molecule is C=CCCCCNC(=O)[C@H](CCCCNC(=O)OC(C)(C)C)NC(=O)[C@H](CCCC=C)CN(C=O)OCc1ccccc1. The molecule has 0 saturated carbocycles. The van der Waals surface area contributed by atoms with Crippen LogP contribution in [0.15, 0.2) is 55.6 Å². The van der Waals surface area contributed by atoms with Gasteiger partial charge in [-0.1, -0.05) is 42.5 Å². The van der Waals surface area contributed by atoms with Gasteiger partial charge in [-0.05, 0) is 84.1 Å². The summed E-state index contributed by atoms with van der Waals surface area (Å²) in [6, 6.07) is 8.68. The van der Waals surface area contributed by atoms with E-state index in [0.29, 0.717) is 51.6 Å². The molecule has 0 unspecified atom stereocenters. The summed E-state index contributed by atoms with van der Waals surface area (Å²) in [5.41, 5.74) is 0.310. The highest BCUT2D eigenvalue weighted by Gasteiger charge is 2.27. The van der Waals surface area contributed by atoms with Crippen molar-refractivity contribution >= 4 is 24.3 Å². The summed E-state index contributed by atoms with van der Waals surface area (Å²) >= 11 is 0. The predicted octanol–water partition coefficient (Wildman–Crippen LogP) is 5.20. The number of ether oxygens (including phenoxy) is 1. The number of nitrogens with one attached hydrogen (secondary N) is 3. The molecule has 0 aliphatic heterocycles. The molecule has 0 aliphatic carbocycles. The van der Waals surface area contributed by atoms with E-state index in [1.54, 1.807) is 26.8 Å². The van der Waals surface area contributed by atoms with Gasteiger partial charge in [0.05, 0.1) is 12.5 Å². The fraction of sp³-hybridized carbons (Fsp3) is 0.576. The Morgan fingerprint density at radius 2 is 1.53 bits per heavy atom. The molecule has 43 heavy (non-hydrogen) atoms. The van der Waals surface area contributed by atoms with Crippen LogP contribution < -0.4 is 16.0 Å². The second-order valence-corrected chi connectivity index (χ2v) is 11.4. The Labute approximate surface area is 257 Å². The van der Waals surface area contributed by atoms with Crippen molar-refractivity contribution in [3.63, 3.8) is 0 Å². The lowest BCUT2D eigenvalue weighted by Gasteiger charge is -2.26. The van der Waals surface area contributed by atoms with Crippen LogP contribution >= 0.6 is 0 Å². The topological polar surface area (TPSA) is 126 Å². The van der Waals surface area contributed by atoms with E-state index in [1.165, 1.54) is 0 Å². The molecule has 1 rings (SSSR count). The highest BCUT2D eigenvalue weighted by molar-refractivity contribution is 5.88. The van der Waals surface area contributed by atoms with E-state index in [0.717, 1.165) is 36.3 Å². The minimum Gasteiger partial charge on any atom is -0.444 e. The van der Waals surface area contributed by atoms with Crippen molar-refractivity contribution in [1.82, 2.24) is 21.0 Å². The average Bonchev–Trinajstić information content (AvgIpc) is 2.97. The Morgan fingerprint density at radius 3 is 2.19 bits per heavy atom. The van der Waals surface area contributed by atoms with Gasteiger partial charge in [0, 0.05) is 13.1 Å². The number of rotatable bonds is 23. The van der Waals surface area contributed by atoms with Crippen LogP contribution in [0, 0.1) is 5.92 Å². The fourth-order valence-electron chi connectivity index (χ4n) is 4.17. The van der Waals surface area contributed by atoms with Crippen LogP contribution in [-0.4, -0.2) is 60.7 Å². The van der Waals surface area contributed by atoms with E-state index in [4.69, 9.17) is 9.57 Å². The van der Waals surface area contributed by atoms with Crippen molar-refractivity contribution in [1.29, 1.82) is 0 Å². The number of benzene rings is 1. The number of hydroxylamine groups is 2. The van der Waals surface area contributed by atoms with Gasteiger partial charge in [-0.2, -0.15) is 0 Å². The Balaban J connectivity index is 2.84. The van der Waals surface area contributed by atoms with E-state index in [-0.39, 0.29) is 25.0 Å². The largest absolute Gasteiger partial charge is 0.444 e. The molecule has 0 fully saturated rings. The first-order chi connectivity index (χ1) is 20.6. The van der Waals surface area contributed by atoms with E-state index in [9.17, 15) is 19.2 Å². The minimum absolute atomic E-state index is 0.0506. The number of unbranched alkanes of at least 4 members (excludes halogenated alkanes) is 4. The third-order valence-corrected chi connectivity index (χ3v) is 6.44. The van der Waals surface area contributed by atoms with Crippen LogP contribution in [0.1, 0.15) is 84.1 Å². The molecule has 10 heteroatoms. The second kappa shape index (κ2) is 22.0. The van der Waals surface area contributed by atoms with Crippen LogP contribution in [0.2, 0.25) is 0 Å². The average molecular weight is 601 g/mol. The Kier molecular flexibility index (Phi) is 19.1. The van der Waals surface area contributed by atoms with Crippen LogP contribution in [0.25, 0.3) is 0 Å². The van der Waals surface area contributed by atoms with Gasteiger partial charge in [0.15, 0.2) is 0 Å². The number of hydrogen-bond acceptors (Lipinski definition) is 6. The third-order valence-electron chi connectivity index (χ3n) is 6.44. The maximum atomic E-state index is 13.5. The summed E-state index contributed by atoms with van der Waals surface area (Å²) in [6.07, 6.45) is 9.77. The zero-order valence-corrected chi connectivity index (χ0v) is 26.3. The Morgan fingerprint density at radius 1 is 0.884 bits per heavy atom. The van der Waals surface area contributed by atoms with Crippen LogP contribution in [0.3, 0.4) is 0 Å². The maximum absolute atomic E-state index is 13.5. The van der Waals surface area contributed by atoms with Gasteiger partial charge in [0.25, 0.3) is 0 Å². The van der Waals surface area contributed by atoms with E-state index in [2.05, 4.69) is 29.1 Å². The van der Waals surface area contributed by atoms with Crippen molar-refractivity contribution in [2.75, 3.05) is 19.6 Å². The van der Waals surface area contributed by atoms with Crippen molar-refractivity contribution in [2.24, 2.45) is 5.92 Å². The molecule has 3 N–H and O–H groups in total. The predicted molar refractivity (Wildman–Crippen MR) is 169 cm³/mol. The van der Waals surface area contributed by atoms with E-state index < -0.39 is 23.7 Å². The molecule has 0 bridgehead atoms. The lowest BCUT2D eigenvalue weighted by molar-refractivity contribution is -0.182. The number of hydrogen-bond donors (Lipinski definition) is 3. The van der Waals surface area contributed by atoms with Crippen LogP contribution in [0.4, 0.5) is 4.79 Å². The van der Waals surface area contributed by atoms with Gasteiger partial charge < -0.3 is 20.7 Å². The highest BCUT2D eigenvalue weighted by atomic mass is 16.7. The molecule has 240 valence electrons. The highest BCUT2D eigenvalue weighted by Crippen LogP contribution is 2.14. The molecular formula is C33H52N4O6. The number of carbonyl (C=O) groups excluding carboxylic acids is 4. The molecule has 0 radical (unpaired) electrons. The van der Waals surface area contributed by atoms with Gasteiger partial charge in [0.2, 0.25) is 18.2 Å². The molecule has 4 amide bonds. The van der Waals surface area contributed by atoms with E-state index >= 15 is 0 Å². The lowest BCUT2D eigenvalue weighted by Crippen LogP contribution is -2.50. The molecule has 0 aliphatic rings. The molecule has 0 heterocycles. The number of alkyl carbamates (subject to hydrolysis) is 1. The summed E-state index contributed by atoms with van der Waals surface area (Å²) in [5.74, 6) is -1.17. The minimum atomic E-state index is -0.759. The monoisotopic (exact) mass is 600 g/mol. The van der Waals surface area contributed by atoms with Crippen LogP contribution in [-0.2, 0) is 30.6 Å². The molecule has 1 aromatic rings. The van der Waals surface area contributed by atoms with Gasteiger partial charge >= 0.3 is 6.09 Å². The summed E-state index contributed by atoms with van der Waals surface area (Å²) < 4.78 is 5.26. The Hall–Kier alpha value is -3.66. The molecule has 0 spiro atoms. The maximum Gasteiger partial charge on any atom is 0.407 e. The van der Waals surface area contributed by atoms with Gasteiger partial charge in [-0.25, -0.2) is 9.86 Å². The van der Waals surface area contributed by atoms with Crippen molar-refractivity contribution in [3.05, 3.63) is 61.2 Å². The quantitative estimate of drug-likeness (QED) is 0.0686. The summed E-state index contributed by atoms with van der Waals surface area (Å²) in [7, 11) is 0. The molecule has 2 atom stereocenters. The van der Waals surface area contributed by atoms with Crippen molar-refractivity contribution < 1.29 is 28.8 Å². The van der Waals surface area contributed by atoms with Crippen LogP contribution in [0.5, 0.6) is 0 Å². The number of allylic oxidation sites excluding steroid dienone is 2. The van der Waals surface area contributed by atoms with E-state index in [1.807, 2.05) is 36.4 Å². The van der Waals surface area contributed by atoms with Gasteiger partial charge in [-0.3, -0.25) is 19.2 Å². The molecular weight excluding hydrogens is 548 g/mol. The van der Waals surface area contributed by atoms with Crippen molar-refractivity contribution in [2.45, 2.75) is 96.8 Å². The normalized spacial score (nSPS) is 12.3. The molecule has 0 aromatic heterocycles. The first-order valence-electron chi connectivity index (χ1n) is 15.2. The Bertz CT molecular complexity index is 979. The first kappa shape index (κ1) is 37.4. The standard InChI is InChI=1S/C33H52N4O6/c1-6-8-10-16-22-34-31(40)29(21-15-17-23-35-32(41)43-33(3,4)5)36-30(39)28(20-12-9-7-2)24-37(26-38)42-25-27-18-13-11-14-19-27/h6-7,11,13-14,18-19,26,28-29H,1-2,8-10,12,15-17,20-25H2,3-5H3,(H,34,40)(H,35,41)(H,36,39)/t28-,29+/m1/s1. The zero-order valence-electron chi connectivity index (χ0n) is 26.3. The first-order valence-corrected chi connectivity index (χ1v) is 15.2. The lowest BCUT2D eigenvalue weighted by atomic mass is 9.99. The second-order valence-electron chi connectivity index (χ2n) is 11.4. The number of nitrogens with zero attached hydrogens (tertiary/aromatic N) is 1. The summed E-state index contributed by atoms with van der Waals surface area (Å²) in [5, 5.41) is 9.72. The summed E-state index contributed by atoms with van der Waals surface area (Å²) in [4.78, 5) is 56.0. The zero-order chi connectivity index (χ0) is 31.9. The third kappa shape index (κ3) is 18.5. The van der Waals surface area contributed by atoms with Gasteiger partial charge in [0.1, 0.15) is 18.2 Å².